The molecule has 0 bridgehead atoms. The number of hydrogen-bond donors (Lipinski definition) is 0. The van der Waals surface area contributed by atoms with Crippen molar-refractivity contribution in [3.63, 3.8) is 0 Å². The molecule has 0 atom stereocenters. The van der Waals surface area contributed by atoms with Crippen LogP contribution in [0.1, 0.15) is 40.5 Å². The number of halogens is 1. The summed E-state index contributed by atoms with van der Waals surface area (Å²) in [4.78, 5) is 0. The molecular weight excluding hydrogens is 314 g/mol. The van der Waals surface area contributed by atoms with Gasteiger partial charge in [-0.25, -0.2) is 0 Å². The molecule has 3 rings (SSSR count). The van der Waals surface area contributed by atoms with Crippen LogP contribution in [0.3, 0.4) is 0 Å². The van der Waals surface area contributed by atoms with Crippen LogP contribution in [0.5, 0.6) is 5.75 Å². The molecule has 2 heterocycles. The van der Waals surface area contributed by atoms with E-state index < -0.39 is 7.12 Å². The molecule has 0 unspecified atom stereocenters. The lowest BCUT2D eigenvalue weighted by atomic mass is 9.79. The van der Waals surface area contributed by atoms with Crippen molar-refractivity contribution in [2.45, 2.75) is 57.8 Å². The molecule has 2 saturated heterocycles. The Hall–Kier alpha value is -0.745. The monoisotopic (exact) mass is 338 g/mol. The van der Waals surface area contributed by atoms with E-state index in [4.69, 9.17) is 30.4 Å². The van der Waals surface area contributed by atoms with E-state index in [2.05, 4.69) is 0 Å². The van der Waals surface area contributed by atoms with E-state index in [-0.39, 0.29) is 17.3 Å². The summed E-state index contributed by atoms with van der Waals surface area (Å²) in [6.07, 6.45) is 1.97. The Kier molecular flexibility index (Phi) is 4.67. The Morgan fingerprint density at radius 3 is 2.26 bits per heavy atom. The summed E-state index contributed by atoms with van der Waals surface area (Å²) >= 11 is 6.40. The lowest BCUT2D eigenvalue weighted by molar-refractivity contribution is 0.00578. The van der Waals surface area contributed by atoms with Crippen molar-refractivity contribution in [2.24, 2.45) is 0 Å². The molecule has 1 aromatic carbocycles. The molecule has 6 heteroatoms. The van der Waals surface area contributed by atoms with Crippen molar-refractivity contribution in [1.29, 1.82) is 0 Å². The highest BCUT2D eigenvalue weighted by Gasteiger charge is 2.51. The Morgan fingerprint density at radius 2 is 1.70 bits per heavy atom. The van der Waals surface area contributed by atoms with Crippen molar-refractivity contribution in [3.8, 4) is 5.75 Å². The van der Waals surface area contributed by atoms with Gasteiger partial charge in [-0.2, -0.15) is 0 Å². The van der Waals surface area contributed by atoms with Gasteiger partial charge in [0.15, 0.2) is 0 Å². The summed E-state index contributed by atoms with van der Waals surface area (Å²) in [6, 6.07) is 5.74. The van der Waals surface area contributed by atoms with Crippen LogP contribution in [0.15, 0.2) is 18.2 Å². The number of benzene rings is 1. The molecule has 0 aromatic heterocycles. The number of hydrogen-bond acceptors (Lipinski definition) is 4. The van der Waals surface area contributed by atoms with E-state index in [1.54, 1.807) is 0 Å². The predicted octanol–water partition coefficient (Wildman–Crippen LogP) is 3.20. The Bertz CT molecular complexity index is 554. The van der Waals surface area contributed by atoms with Crippen molar-refractivity contribution in [3.05, 3.63) is 23.2 Å². The first-order chi connectivity index (χ1) is 10.8. The second-order valence-electron chi connectivity index (χ2n) is 7.21. The van der Waals surface area contributed by atoms with Gasteiger partial charge in [0.1, 0.15) is 11.9 Å². The molecule has 2 fully saturated rings. The van der Waals surface area contributed by atoms with Gasteiger partial charge >= 0.3 is 7.12 Å². The molecule has 0 N–H and O–H groups in total. The summed E-state index contributed by atoms with van der Waals surface area (Å²) < 4.78 is 23.5. The molecule has 1 aromatic rings. The van der Waals surface area contributed by atoms with E-state index in [1.807, 2.05) is 45.9 Å². The molecular formula is C17H24BClO4. The predicted molar refractivity (Wildman–Crippen MR) is 91.6 cm³/mol. The van der Waals surface area contributed by atoms with Crippen molar-refractivity contribution >= 4 is 24.2 Å². The molecule has 2 aliphatic rings. The molecule has 23 heavy (non-hydrogen) atoms. The zero-order valence-electron chi connectivity index (χ0n) is 14.2. The molecule has 0 aliphatic carbocycles. The van der Waals surface area contributed by atoms with E-state index in [9.17, 15) is 0 Å². The van der Waals surface area contributed by atoms with Crippen LogP contribution in [-0.2, 0) is 14.0 Å². The van der Waals surface area contributed by atoms with Gasteiger partial charge in [0.25, 0.3) is 0 Å². The first-order valence-electron chi connectivity index (χ1n) is 8.18. The van der Waals surface area contributed by atoms with Crippen molar-refractivity contribution in [1.82, 2.24) is 0 Å². The van der Waals surface area contributed by atoms with Gasteiger partial charge in [0.05, 0.1) is 29.4 Å². The Morgan fingerprint density at radius 1 is 1.09 bits per heavy atom. The van der Waals surface area contributed by atoms with Crippen LogP contribution in [0, 0.1) is 0 Å². The lowest BCUT2D eigenvalue weighted by Gasteiger charge is -2.32. The second-order valence-corrected chi connectivity index (χ2v) is 7.61. The molecule has 0 spiro atoms. The van der Waals surface area contributed by atoms with Gasteiger partial charge in [0.2, 0.25) is 0 Å². The normalized spacial score (nSPS) is 24.0. The molecule has 126 valence electrons. The van der Waals surface area contributed by atoms with E-state index in [0.717, 1.165) is 31.5 Å². The number of rotatable bonds is 3. The third kappa shape index (κ3) is 3.53. The van der Waals surface area contributed by atoms with Crippen LogP contribution in [-0.4, -0.2) is 37.6 Å². The summed E-state index contributed by atoms with van der Waals surface area (Å²) in [5.74, 6) is 0.707. The highest BCUT2D eigenvalue weighted by atomic mass is 35.5. The van der Waals surface area contributed by atoms with E-state index in [1.165, 1.54) is 0 Å². The topological polar surface area (TPSA) is 36.9 Å². The zero-order valence-corrected chi connectivity index (χ0v) is 15.0. The molecule has 0 saturated carbocycles. The quantitative estimate of drug-likeness (QED) is 0.793. The van der Waals surface area contributed by atoms with Gasteiger partial charge in [-0.05, 0) is 45.3 Å². The Balaban J connectivity index is 1.72. The van der Waals surface area contributed by atoms with Crippen LogP contribution < -0.4 is 10.2 Å². The fourth-order valence-corrected chi connectivity index (χ4v) is 2.95. The average Bonchev–Trinajstić information content (AvgIpc) is 2.71. The van der Waals surface area contributed by atoms with Crippen molar-refractivity contribution in [2.75, 3.05) is 13.2 Å². The molecule has 2 aliphatic heterocycles. The lowest BCUT2D eigenvalue weighted by Crippen LogP contribution is -2.41. The van der Waals surface area contributed by atoms with Crippen molar-refractivity contribution < 1.29 is 18.8 Å². The third-order valence-corrected chi connectivity index (χ3v) is 5.24. The van der Waals surface area contributed by atoms with E-state index >= 15 is 0 Å². The highest BCUT2D eigenvalue weighted by Crippen LogP contribution is 2.37. The second kappa shape index (κ2) is 6.28. The molecule has 0 amide bonds. The SMILES string of the molecule is CC1(C)OB(c2ccc(OC3CCOCC3)c(Cl)c2)OC1(C)C. The minimum absolute atomic E-state index is 0.170. The first-order valence-corrected chi connectivity index (χ1v) is 8.56. The van der Waals surface area contributed by atoms with Gasteiger partial charge in [0, 0.05) is 12.8 Å². The van der Waals surface area contributed by atoms with Crippen LogP contribution in [0.2, 0.25) is 5.02 Å². The standard InChI is InChI=1S/C17H24BClO4/c1-16(2)17(3,4)23-18(22-16)12-5-6-15(14(19)11-12)21-13-7-9-20-10-8-13/h5-6,11,13H,7-10H2,1-4H3. The molecule has 0 radical (unpaired) electrons. The average molecular weight is 339 g/mol. The largest absolute Gasteiger partial charge is 0.494 e. The first kappa shape index (κ1) is 17.1. The van der Waals surface area contributed by atoms with Crippen LogP contribution in [0.4, 0.5) is 0 Å². The van der Waals surface area contributed by atoms with E-state index in [0.29, 0.717) is 10.8 Å². The summed E-state index contributed by atoms with van der Waals surface area (Å²) in [5.41, 5.74) is 0.191. The minimum Gasteiger partial charge on any atom is -0.489 e. The van der Waals surface area contributed by atoms with Gasteiger partial charge in [-0.3, -0.25) is 0 Å². The van der Waals surface area contributed by atoms with Gasteiger partial charge in [-0.1, -0.05) is 17.7 Å². The highest BCUT2D eigenvalue weighted by molar-refractivity contribution is 6.62. The molecule has 4 nitrogen and oxygen atoms in total. The van der Waals surface area contributed by atoms with Gasteiger partial charge in [-0.15, -0.1) is 0 Å². The maximum absolute atomic E-state index is 6.40. The zero-order chi connectivity index (χ0) is 16.7. The third-order valence-electron chi connectivity index (χ3n) is 4.94. The summed E-state index contributed by atoms with van der Waals surface area (Å²) in [6.45, 7) is 9.64. The number of ether oxygens (including phenoxy) is 2. The fraction of sp³-hybridized carbons (Fsp3) is 0.647. The maximum Gasteiger partial charge on any atom is 0.494 e. The summed E-state index contributed by atoms with van der Waals surface area (Å²) in [5, 5.41) is 0.587. The summed E-state index contributed by atoms with van der Waals surface area (Å²) in [7, 11) is -0.408. The fourth-order valence-electron chi connectivity index (χ4n) is 2.71. The maximum atomic E-state index is 6.40. The smallest absolute Gasteiger partial charge is 0.489 e. The van der Waals surface area contributed by atoms with Gasteiger partial charge < -0.3 is 18.8 Å². The van der Waals surface area contributed by atoms with Crippen LogP contribution >= 0.6 is 11.6 Å². The Labute approximate surface area is 143 Å². The van der Waals surface area contributed by atoms with Crippen LogP contribution in [0.25, 0.3) is 0 Å². The minimum atomic E-state index is -0.408.